The van der Waals surface area contributed by atoms with Crippen molar-refractivity contribution in [1.29, 1.82) is 0 Å². The lowest BCUT2D eigenvalue weighted by molar-refractivity contribution is -0.136. The summed E-state index contributed by atoms with van der Waals surface area (Å²) in [4.78, 5) is 24.6. The smallest absolute Gasteiger partial charge is 0.337 e. The van der Waals surface area contributed by atoms with Crippen LogP contribution in [0.5, 0.6) is 17.2 Å². The van der Waals surface area contributed by atoms with Crippen molar-refractivity contribution in [3.05, 3.63) is 96.5 Å². The summed E-state index contributed by atoms with van der Waals surface area (Å²) < 4.78 is 24.0. The maximum atomic E-state index is 12.4. The van der Waals surface area contributed by atoms with Crippen molar-refractivity contribution in [1.82, 2.24) is 16.1 Å². The van der Waals surface area contributed by atoms with Gasteiger partial charge in [0.25, 0.3) is 0 Å². The van der Waals surface area contributed by atoms with E-state index < -0.39 is 24.3 Å². The fraction of sp³-hybridized carbons (Fsp3) is 0.258. The molecule has 11 nitrogen and oxygen atoms in total. The molecule has 14 heteroatoms. The van der Waals surface area contributed by atoms with Gasteiger partial charge in [0.1, 0.15) is 13.2 Å². The van der Waals surface area contributed by atoms with Crippen LogP contribution >= 0.6 is 43.5 Å². The number of hydrazone groups is 1. The Balaban J connectivity index is 1.37. The van der Waals surface area contributed by atoms with Gasteiger partial charge in [-0.15, -0.1) is 0 Å². The van der Waals surface area contributed by atoms with E-state index in [1.165, 1.54) is 13.3 Å². The molecule has 1 heterocycles. The van der Waals surface area contributed by atoms with Crippen LogP contribution in [0.15, 0.2) is 79.9 Å². The number of methoxy groups -OCH3 is 1. The topological polar surface area (TPSA) is 140 Å². The zero-order chi connectivity index (χ0) is 32.5. The van der Waals surface area contributed by atoms with Crippen molar-refractivity contribution in [2.75, 3.05) is 20.3 Å². The third-order valence-corrected chi connectivity index (χ3v) is 7.82. The maximum absolute atomic E-state index is 12.4. The monoisotopic (exact) mass is 764 g/mol. The van der Waals surface area contributed by atoms with Crippen molar-refractivity contribution in [3.8, 4) is 17.2 Å². The van der Waals surface area contributed by atoms with E-state index in [1.807, 2.05) is 31.2 Å². The highest BCUT2D eigenvalue weighted by Crippen LogP contribution is 2.36. The van der Waals surface area contributed by atoms with E-state index in [9.17, 15) is 14.7 Å². The predicted octanol–water partition coefficient (Wildman–Crippen LogP) is 5.96. The number of ether oxygens (including phenoxy) is 4. The van der Waals surface area contributed by atoms with Crippen LogP contribution in [-0.4, -0.2) is 49.9 Å². The molecule has 3 aromatic carbocycles. The fourth-order valence-electron chi connectivity index (χ4n) is 4.35. The molecule has 2 atom stereocenters. The van der Waals surface area contributed by atoms with Crippen LogP contribution in [0.3, 0.4) is 0 Å². The average Bonchev–Trinajstić information content (AvgIpc) is 3.00. The zero-order valence-electron chi connectivity index (χ0n) is 24.5. The molecule has 45 heavy (non-hydrogen) atoms. The number of aliphatic hydroxyl groups excluding tert-OH is 1. The first-order chi connectivity index (χ1) is 21.6. The van der Waals surface area contributed by atoms with E-state index in [4.69, 9.17) is 30.5 Å². The minimum absolute atomic E-state index is 0.166. The molecular formula is C31H31Br2ClN4O7. The van der Waals surface area contributed by atoms with Gasteiger partial charge < -0.3 is 34.7 Å². The summed E-state index contributed by atoms with van der Waals surface area (Å²) in [7, 11) is 1.27. The molecule has 0 aliphatic carbocycles. The second-order valence-corrected chi connectivity index (χ2v) is 11.8. The molecule has 1 aliphatic heterocycles. The number of carbonyl (C=O) groups is 2. The van der Waals surface area contributed by atoms with E-state index in [1.54, 1.807) is 37.3 Å². The first-order valence-electron chi connectivity index (χ1n) is 13.7. The second-order valence-electron chi connectivity index (χ2n) is 9.64. The Kier molecular flexibility index (Phi) is 12.1. The van der Waals surface area contributed by atoms with Crippen LogP contribution in [0.2, 0.25) is 5.02 Å². The summed E-state index contributed by atoms with van der Waals surface area (Å²) in [6.07, 6.45) is 0.337. The van der Waals surface area contributed by atoms with Gasteiger partial charge in [-0.05, 0) is 82.9 Å². The number of benzene rings is 3. The molecule has 0 aromatic heterocycles. The van der Waals surface area contributed by atoms with E-state index in [2.05, 4.69) is 53.0 Å². The van der Waals surface area contributed by atoms with E-state index in [0.29, 0.717) is 56.8 Å². The van der Waals surface area contributed by atoms with Crippen LogP contribution in [0.1, 0.15) is 36.6 Å². The predicted molar refractivity (Wildman–Crippen MR) is 177 cm³/mol. The van der Waals surface area contributed by atoms with Crippen LogP contribution in [0.25, 0.3) is 0 Å². The third kappa shape index (κ3) is 9.13. The average molecular weight is 767 g/mol. The number of aliphatic hydroxyl groups is 1. The fourth-order valence-corrected chi connectivity index (χ4v) is 5.60. The Morgan fingerprint density at radius 1 is 1.11 bits per heavy atom. The van der Waals surface area contributed by atoms with Gasteiger partial charge in [-0.25, -0.2) is 9.59 Å². The standard InChI is InChI=1S/C31H31Br2ClN4O7/c1-4-43-25-13-20(28-27(30(40)42-3)17(2)36-31(41)37-28)7-10-24(25)44-16-26(39)38-35-14-19-11-22(33)29(23(34)12-19)45-15-18-5-8-21(32)9-6-18/h5-14,26,28,38-39H,4,15-16H2,1-3H3,(H2,36,37,41)/b35-14-/t26-,28-/m1/s1. The Bertz CT molecular complexity index is 1580. The molecule has 4 N–H and O–H groups in total. The van der Waals surface area contributed by atoms with E-state index in [0.717, 1.165) is 10.0 Å². The first kappa shape index (κ1) is 34.1. The summed E-state index contributed by atoms with van der Waals surface area (Å²) in [6, 6.07) is 15.1. The van der Waals surface area contributed by atoms with Gasteiger partial charge in [-0.2, -0.15) is 5.10 Å². The van der Waals surface area contributed by atoms with Crippen molar-refractivity contribution in [2.24, 2.45) is 5.10 Å². The highest BCUT2D eigenvalue weighted by Gasteiger charge is 2.32. The molecule has 0 fully saturated rings. The van der Waals surface area contributed by atoms with Gasteiger partial charge in [0.2, 0.25) is 0 Å². The molecule has 0 bridgehead atoms. The van der Waals surface area contributed by atoms with Crippen LogP contribution in [0, 0.1) is 0 Å². The third-order valence-electron chi connectivity index (χ3n) is 6.43. The summed E-state index contributed by atoms with van der Waals surface area (Å²) in [6.45, 7) is 3.94. The molecule has 238 valence electrons. The number of nitrogens with zero attached hydrogens (tertiary/aromatic N) is 1. The number of allylic oxidation sites excluding steroid dienone is 1. The van der Waals surface area contributed by atoms with Gasteiger partial charge in [0.15, 0.2) is 23.5 Å². The van der Waals surface area contributed by atoms with E-state index in [-0.39, 0.29) is 12.2 Å². The first-order valence-corrected chi connectivity index (χ1v) is 15.6. The van der Waals surface area contributed by atoms with Crippen LogP contribution in [0.4, 0.5) is 4.79 Å². The quantitative estimate of drug-likeness (QED) is 0.0724. The number of halogens is 3. The SMILES string of the molecule is CCOc1cc([C@H]2NC(=O)NC(C)=C2C(=O)OC)ccc1OC[C@@H](O)N/N=C\c1cc(Cl)c(OCc2ccc(Br)cc2)c(Br)c1. The molecule has 0 spiro atoms. The summed E-state index contributed by atoms with van der Waals surface area (Å²) in [5, 5.41) is 20.2. The zero-order valence-corrected chi connectivity index (χ0v) is 28.5. The van der Waals surface area contributed by atoms with Crippen molar-refractivity contribution >= 4 is 61.7 Å². The van der Waals surface area contributed by atoms with Gasteiger partial charge in [0, 0.05) is 10.2 Å². The van der Waals surface area contributed by atoms with Gasteiger partial charge in [-0.3, -0.25) is 5.43 Å². The lowest BCUT2D eigenvalue weighted by Gasteiger charge is -2.28. The number of nitrogens with one attached hydrogen (secondary N) is 3. The number of rotatable bonds is 13. The molecule has 1 aliphatic rings. The number of amides is 2. The number of esters is 1. The summed E-state index contributed by atoms with van der Waals surface area (Å²) >= 11 is 13.4. The van der Waals surface area contributed by atoms with Gasteiger partial charge >= 0.3 is 12.0 Å². The molecule has 4 rings (SSSR count). The second kappa shape index (κ2) is 16.0. The van der Waals surface area contributed by atoms with Crippen molar-refractivity contribution < 1.29 is 33.6 Å². The lowest BCUT2D eigenvalue weighted by atomic mass is 9.95. The molecular weight excluding hydrogens is 736 g/mol. The Labute approximate surface area is 282 Å². The lowest BCUT2D eigenvalue weighted by Crippen LogP contribution is -2.45. The highest BCUT2D eigenvalue weighted by molar-refractivity contribution is 9.10. The molecule has 0 radical (unpaired) electrons. The minimum Gasteiger partial charge on any atom is -0.490 e. The molecule has 3 aromatic rings. The van der Waals surface area contributed by atoms with Crippen LogP contribution in [-0.2, 0) is 16.1 Å². The summed E-state index contributed by atoms with van der Waals surface area (Å²) in [5.74, 6) is 0.640. The number of urea groups is 1. The summed E-state index contributed by atoms with van der Waals surface area (Å²) in [5.41, 5.74) is 5.50. The number of hydrogen-bond donors (Lipinski definition) is 4. The van der Waals surface area contributed by atoms with Crippen LogP contribution < -0.4 is 30.3 Å². The number of hydrogen-bond acceptors (Lipinski definition) is 9. The Hall–Kier alpha value is -3.78. The minimum atomic E-state index is -1.16. The normalized spacial score (nSPS) is 15.3. The molecule has 0 saturated heterocycles. The number of carbonyl (C=O) groups excluding carboxylic acids is 2. The van der Waals surface area contributed by atoms with Gasteiger partial charge in [0.05, 0.1) is 41.0 Å². The highest BCUT2D eigenvalue weighted by atomic mass is 79.9. The largest absolute Gasteiger partial charge is 0.490 e. The Morgan fingerprint density at radius 3 is 2.56 bits per heavy atom. The molecule has 0 saturated carbocycles. The van der Waals surface area contributed by atoms with E-state index >= 15 is 0 Å². The Morgan fingerprint density at radius 2 is 1.87 bits per heavy atom. The van der Waals surface area contributed by atoms with Crippen molar-refractivity contribution in [2.45, 2.75) is 32.7 Å². The maximum Gasteiger partial charge on any atom is 0.337 e. The van der Waals surface area contributed by atoms with Gasteiger partial charge in [-0.1, -0.05) is 45.7 Å². The molecule has 0 unspecified atom stereocenters. The molecule has 2 amide bonds. The van der Waals surface area contributed by atoms with Crippen molar-refractivity contribution in [3.63, 3.8) is 0 Å².